The average Bonchev–Trinajstić information content (AvgIpc) is 3.53. The fourth-order valence-corrected chi connectivity index (χ4v) is 12.5. The molecule has 0 radical (unpaired) electrons. The van der Waals surface area contributed by atoms with Gasteiger partial charge in [0.25, 0.3) is 0 Å². The third kappa shape index (κ3) is 66.5. The normalized spacial score (nSPS) is 14.1. The van der Waals surface area contributed by atoms with Crippen molar-refractivity contribution in [2.45, 2.75) is 387 Å². The fraction of sp³-hybridized carbons (Fsp3) is 0.944. The Hall–Kier alpha value is -1.94. The van der Waals surface area contributed by atoms with Crippen LogP contribution < -0.4 is 0 Å². The molecule has 0 aliphatic heterocycles. The number of ether oxygens (including phenoxy) is 4. The van der Waals surface area contributed by atoms with Crippen molar-refractivity contribution in [1.29, 1.82) is 0 Å². The van der Waals surface area contributed by atoms with Crippen molar-refractivity contribution < 1.29 is 80.2 Å². The number of rotatable bonds is 71. The fourth-order valence-electron chi connectivity index (χ4n) is 10.9. The third-order valence-electron chi connectivity index (χ3n) is 16.7. The minimum Gasteiger partial charge on any atom is -0.462 e. The molecule has 0 aliphatic rings. The van der Waals surface area contributed by atoms with Gasteiger partial charge in [0.15, 0.2) is 12.2 Å². The SMILES string of the molecule is CCCCCCCCCCCCCCCCCCC(=O)O[C@H](COC(=O)CCCCCCCCCCCCC(C)C)COP(=O)(O)OC[C@@H](O)COP(=O)(O)OC[C@@H](COC(=O)CCCCCCCCCCCC)OC(=O)CCCCCCCCCCCC(C)C. The molecule has 0 aliphatic carbocycles. The molecule has 0 aromatic heterocycles. The predicted molar refractivity (Wildman–Crippen MR) is 368 cm³/mol. The molecule has 17 nitrogen and oxygen atoms in total. The molecule has 0 spiro atoms. The number of phosphoric acid groups is 2. The predicted octanol–water partition coefficient (Wildman–Crippen LogP) is 20.8. The maximum atomic E-state index is 13.0. The first-order valence-electron chi connectivity index (χ1n) is 37.5. The zero-order valence-corrected chi connectivity index (χ0v) is 60.9. The second-order valence-corrected chi connectivity index (χ2v) is 29.8. The van der Waals surface area contributed by atoms with Crippen LogP contribution >= 0.6 is 15.6 Å². The monoisotopic (exact) mass is 1340 g/mol. The van der Waals surface area contributed by atoms with E-state index in [1.165, 1.54) is 186 Å². The molecular formula is C72H140O17P2. The lowest BCUT2D eigenvalue weighted by Gasteiger charge is -2.21. The molecule has 0 aromatic rings. The third-order valence-corrected chi connectivity index (χ3v) is 18.6. The van der Waals surface area contributed by atoms with Crippen molar-refractivity contribution in [2.75, 3.05) is 39.6 Å². The van der Waals surface area contributed by atoms with E-state index in [9.17, 15) is 43.2 Å². The molecule has 0 saturated heterocycles. The molecule has 5 atom stereocenters. The minimum absolute atomic E-state index is 0.105. The van der Waals surface area contributed by atoms with Crippen molar-refractivity contribution in [3.05, 3.63) is 0 Å². The number of hydrogen-bond acceptors (Lipinski definition) is 15. The van der Waals surface area contributed by atoms with Crippen LogP contribution in [0, 0.1) is 11.8 Å². The molecular weight excluding hydrogens is 1200 g/mol. The summed E-state index contributed by atoms with van der Waals surface area (Å²) in [6, 6.07) is 0. The molecule has 0 bridgehead atoms. The van der Waals surface area contributed by atoms with Crippen molar-refractivity contribution in [3.8, 4) is 0 Å². The number of carbonyl (C=O) groups is 4. The summed E-state index contributed by atoms with van der Waals surface area (Å²) in [5.74, 6) is -0.626. The summed E-state index contributed by atoms with van der Waals surface area (Å²) >= 11 is 0. The van der Waals surface area contributed by atoms with Crippen molar-refractivity contribution >= 4 is 39.5 Å². The van der Waals surface area contributed by atoms with E-state index in [2.05, 4.69) is 41.5 Å². The van der Waals surface area contributed by atoms with E-state index in [1.807, 2.05) is 0 Å². The van der Waals surface area contributed by atoms with Gasteiger partial charge in [-0.2, -0.15) is 0 Å². The van der Waals surface area contributed by atoms with E-state index in [0.29, 0.717) is 25.7 Å². The van der Waals surface area contributed by atoms with Crippen LogP contribution in [0.4, 0.5) is 0 Å². The first-order valence-corrected chi connectivity index (χ1v) is 40.5. The van der Waals surface area contributed by atoms with Crippen molar-refractivity contribution in [3.63, 3.8) is 0 Å². The van der Waals surface area contributed by atoms with Gasteiger partial charge in [0.1, 0.15) is 19.3 Å². The Morgan fingerprint density at radius 3 is 0.747 bits per heavy atom. The van der Waals surface area contributed by atoms with Crippen LogP contribution in [0.2, 0.25) is 0 Å². The summed E-state index contributed by atoms with van der Waals surface area (Å²) in [6.45, 7) is 9.53. The molecule has 0 rings (SSSR count). The van der Waals surface area contributed by atoms with Gasteiger partial charge in [0.2, 0.25) is 0 Å². The van der Waals surface area contributed by atoms with Crippen LogP contribution in [0.15, 0.2) is 0 Å². The van der Waals surface area contributed by atoms with Crippen LogP contribution in [-0.2, 0) is 65.4 Å². The first-order chi connectivity index (χ1) is 43.9. The summed E-state index contributed by atoms with van der Waals surface area (Å²) in [5.41, 5.74) is 0. The summed E-state index contributed by atoms with van der Waals surface area (Å²) in [4.78, 5) is 72.6. The van der Waals surface area contributed by atoms with Crippen LogP contribution in [0.1, 0.15) is 369 Å². The summed E-state index contributed by atoms with van der Waals surface area (Å²) in [5, 5.41) is 10.6. The lowest BCUT2D eigenvalue weighted by Crippen LogP contribution is -2.30. The smallest absolute Gasteiger partial charge is 0.462 e. The van der Waals surface area contributed by atoms with Crippen LogP contribution in [-0.4, -0.2) is 96.7 Å². The first kappa shape index (κ1) is 89.1. The van der Waals surface area contributed by atoms with Crippen LogP contribution in [0.5, 0.6) is 0 Å². The molecule has 540 valence electrons. The Bertz CT molecular complexity index is 1770. The minimum atomic E-state index is -4.95. The maximum absolute atomic E-state index is 13.0. The Labute approximate surface area is 556 Å². The lowest BCUT2D eigenvalue weighted by molar-refractivity contribution is -0.161. The largest absolute Gasteiger partial charge is 0.472 e. The van der Waals surface area contributed by atoms with Gasteiger partial charge >= 0.3 is 39.5 Å². The molecule has 91 heavy (non-hydrogen) atoms. The van der Waals surface area contributed by atoms with E-state index < -0.39 is 97.5 Å². The van der Waals surface area contributed by atoms with Gasteiger partial charge in [-0.25, -0.2) is 9.13 Å². The molecule has 19 heteroatoms. The van der Waals surface area contributed by atoms with E-state index in [-0.39, 0.29) is 25.7 Å². The highest BCUT2D eigenvalue weighted by Crippen LogP contribution is 2.45. The van der Waals surface area contributed by atoms with E-state index in [1.54, 1.807) is 0 Å². The van der Waals surface area contributed by atoms with Gasteiger partial charge in [-0.3, -0.25) is 37.3 Å². The molecule has 2 unspecified atom stereocenters. The Morgan fingerprint density at radius 1 is 0.297 bits per heavy atom. The number of hydrogen-bond donors (Lipinski definition) is 3. The molecule has 0 heterocycles. The number of esters is 4. The molecule has 0 saturated carbocycles. The molecule has 3 N–H and O–H groups in total. The molecule has 0 fully saturated rings. The number of aliphatic hydroxyl groups excluding tert-OH is 1. The quantitative estimate of drug-likeness (QED) is 0.0222. The zero-order chi connectivity index (χ0) is 67.2. The summed E-state index contributed by atoms with van der Waals surface area (Å²) in [6.07, 6.45) is 49.9. The van der Waals surface area contributed by atoms with E-state index in [4.69, 9.17) is 37.0 Å². The topological polar surface area (TPSA) is 237 Å². The number of carbonyl (C=O) groups excluding carboxylic acids is 4. The number of aliphatic hydroxyl groups is 1. The molecule has 0 amide bonds. The van der Waals surface area contributed by atoms with Gasteiger partial charge in [-0.1, -0.05) is 318 Å². The zero-order valence-electron chi connectivity index (χ0n) is 59.1. The summed E-state index contributed by atoms with van der Waals surface area (Å²) in [7, 11) is -9.90. The van der Waals surface area contributed by atoms with Gasteiger partial charge in [0.05, 0.1) is 26.4 Å². The number of phosphoric ester groups is 2. The highest BCUT2D eigenvalue weighted by molar-refractivity contribution is 7.47. The van der Waals surface area contributed by atoms with Gasteiger partial charge < -0.3 is 33.8 Å². The second-order valence-electron chi connectivity index (χ2n) is 26.9. The Morgan fingerprint density at radius 2 is 0.505 bits per heavy atom. The Kier molecular flexibility index (Phi) is 62.7. The van der Waals surface area contributed by atoms with E-state index >= 15 is 0 Å². The van der Waals surface area contributed by atoms with Gasteiger partial charge in [-0.15, -0.1) is 0 Å². The van der Waals surface area contributed by atoms with Crippen LogP contribution in [0.3, 0.4) is 0 Å². The standard InChI is InChI=1S/C72H140O17P2/c1-7-9-11-13-15-17-19-20-21-22-23-24-32-38-44-50-56-71(76)88-67(61-83-70(75)55-49-43-37-31-26-25-28-34-40-46-52-64(3)4)62-86-90(78,79)84-58-66(73)59-85-91(80,81)87-63-68(60-82-69(74)54-48-42-36-30-18-16-14-12-10-8-2)89-72(77)57-51-45-39-33-27-29-35-41-47-53-65(5)6/h64-68,73H,7-63H2,1-6H3,(H,78,79)(H,80,81)/t66-,67-,68-/m1/s1. The summed E-state index contributed by atoms with van der Waals surface area (Å²) < 4.78 is 68.4. The number of unbranched alkanes of at least 4 members (excludes halogenated alkanes) is 41. The highest BCUT2D eigenvalue weighted by Gasteiger charge is 2.30. The second kappa shape index (κ2) is 64.1. The van der Waals surface area contributed by atoms with Gasteiger partial charge in [-0.05, 0) is 37.5 Å². The maximum Gasteiger partial charge on any atom is 0.472 e. The average molecular weight is 1340 g/mol. The molecule has 0 aromatic carbocycles. The van der Waals surface area contributed by atoms with Crippen molar-refractivity contribution in [2.24, 2.45) is 11.8 Å². The van der Waals surface area contributed by atoms with Gasteiger partial charge in [0, 0.05) is 25.7 Å². The highest BCUT2D eigenvalue weighted by atomic mass is 31.2. The van der Waals surface area contributed by atoms with Crippen LogP contribution in [0.25, 0.3) is 0 Å². The van der Waals surface area contributed by atoms with Crippen molar-refractivity contribution in [1.82, 2.24) is 0 Å². The lowest BCUT2D eigenvalue weighted by atomic mass is 10.0. The Balaban J connectivity index is 5.25. The van der Waals surface area contributed by atoms with E-state index in [0.717, 1.165) is 102 Å².